The number of amides is 2. The molecule has 11 heteroatoms. The third-order valence-corrected chi connectivity index (χ3v) is 12.0. The van der Waals surface area contributed by atoms with Gasteiger partial charge in [-0.25, -0.2) is 4.79 Å². The number of esters is 2. The number of aryl methyl sites for hydroxylation is 3. The van der Waals surface area contributed by atoms with Crippen molar-refractivity contribution >= 4 is 45.8 Å². The van der Waals surface area contributed by atoms with Crippen LogP contribution in [0.1, 0.15) is 96.7 Å². The zero-order valence-corrected chi connectivity index (χ0v) is 32.8. The van der Waals surface area contributed by atoms with E-state index in [0.717, 1.165) is 97.9 Å². The molecule has 2 N–H and O–H groups in total. The summed E-state index contributed by atoms with van der Waals surface area (Å²) in [5.41, 5.74) is 6.60. The van der Waals surface area contributed by atoms with Crippen molar-refractivity contribution in [2.75, 3.05) is 45.1 Å². The van der Waals surface area contributed by atoms with Crippen molar-refractivity contribution in [1.29, 1.82) is 0 Å². The molecule has 290 valence electrons. The highest BCUT2D eigenvalue weighted by Crippen LogP contribution is 2.39. The summed E-state index contributed by atoms with van der Waals surface area (Å²) < 4.78 is 15.2. The molecule has 1 heterocycles. The normalized spacial score (nSPS) is 16.6. The second-order valence-electron chi connectivity index (χ2n) is 14.4. The third kappa shape index (κ3) is 10.3. The lowest BCUT2D eigenvalue weighted by Gasteiger charge is -2.36. The number of carbonyl (C=O) groups is 4. The Labute approximate surface area is 327 Å². The Morgan fingerprint density at radius 3 is 2.11 bits per heavy atom. The summed E-state index contributed by atoms with van der Waals surface area (Å²) in [4.78, 5) is 55.2. The monoisotopic (exact) mass is 765 g/mol. The highest BCUT2D eigenvalue weighted by atomic mass is 32.1. The van der Waals surface area contributed by atoms with Gasteiger partial charge in [-0.1, -0.05) is 36.4 Å². The lowest BCUT2D eigenvalue weighted by Crippen LogP contribution is -2.40. The molecule has 1 fully saturated rings. The van der Waals surface area contributed by atoms with Crippen molar-refractivity contribution in [3.8, 4) is 0 Å². The quantitative estimate of drug-likeness (QED) is 0.117. The van der Waals surface area contributed by atoms with Crippen LogP contribution in [-0.2, 0) is 51.2 Å². The molecule has 1 saturated carbocycles. The minimum atomic E-state index is -0.350. The first kappa shape index (κ1) is 39.8. The molecule has 55 heavy (non-hydrogen) atoms. The van der Waals surface area contributed by atoms with Crippen molar-refractivity contribution < 1.29 is 33.4 Å². The number of ether oxygens (including phenoxy) is 3. The molecule has 0 atom stereocenters. The van der Waals surface area contributed by atoms with Gasteiger partial charge in [0.05, 0.1) is 37.9 Å². The van der Waals surface area contributed by atoms with Gasteiger partial charge in [0, 0.05) is 42.4 Å². The molecule has 0 bridgehead atoms. The van der Waals surface area contributed by atoms with E-state index in [1.807, 2.05) is 60.7 Å². The number of rotatable bonds is 15. The van der Waals surface area contributed by atoms with Crippen molar-refractivity contribution in [2.45, 2.75) is 76.8 Å². The fourth-order valence-corrected chi connectivity index (χ4v) is 9.00. The Morgan fingerprint density at radius 2 is 1.44 bits per heavy atom. The highest BCUT2D eigenvalue weighted by molar-refractivity contribution is 7.17. The largest absolute Gasteiger partial charge is 0.469 e. The van der Waals surface area contributed by atoms with Gasteiger partial charge in [0.2, 0.25) is 0 Å². The second kappa shape index (κ2) is 19.2. The van der Waals surface area contributed by atoms with Crippen LogP contribution < -0.4 is 10.6 Å². The first-order valence-electron chi connectivity index (χ1n) is 19.2. The fraction of sp³-hybridized carbons (Fsp3) is 0.409. The molecule has 0 radical (unpaired) electrons. The van der Waals surface area contributed by atoms with Crippen LogP contribution in [-0.4, -0.2) is 69.2 Å². The third-order valence-electron chi connectivity index (χ3n) is 10.8. The van der Waals surface area contributed by atoms with E-state index in [-0.39, 0.29) is 29.7 Å². The number of hydrogen-bond acceptors (Lipinski definition) is 9. The van der Waals surface area contributed by atoms with Crippen molar-refractivity contribution in [3.05, 3.63) is 117 Å². The fourth-order valence-electron chi connectivity index (χ4n) is 7.72. The SMILES string of the molecule is COCCN(Cc1cccc(C(=O)Nc2sc3c(c2C(=O)Nc2ccc(CCc4ccc(C(=O)OC)cc4)cc2)CCCC3)c1)C1CCC(C(=O)OC)CC1. The Morgan fingerprint density at radius 1 is 0.745 bits per heavy atom. The first-order chi connectivity index (χ1) is 26.8. The Kier molecular flexibility index (Phi) is 13.9. The predicted molar refractivity (Wildman–Crippen MR) is 215 cm³/mol. The molecule has 0 aliphatic heterocycles. The highest BCUT2D eigenvalue weighted by Gasteiger charge is 2.31. The van der Waals surface area contributed by atoms with E-state index in [1.165, 1.54) is 25.6 Å². The molecule has 2 aliphatic rings. The zero-order valence-electron chi connectivity index (χ0n) is 32.0. The summed E-state index contributed by atoms with van der Waals surface area (Å²) in [6, 6.07) is 23.3. The molecule has 2 aliphatic carbocycles. The minimum absolute atomic E-state index is 0.0457. The molecule has 6 rings (SSSR count). The summed E-state index contributed by atoms with van der Waals surface area (Å²) >= 11 is 1.51. The van der Waals surface area contributed by atoms with Gasteiger partial charge in [-0.2, -0.15) is 0 Å². The van der Waals surface area contributed by atoms with Crippen LogP contribution >= 0.6 is 11.3 Å². The molecule has 4 aromatic rings. The molecule has 0 saturated heterocycles. The standard InChI is InChI=1S/C44H51N3O7S/c1-52-26-25-47(36-23-19-33(20-24-36)44(51)54-3)28-31-7-6-8-34(27-31)40(48)46-42-39(37-9-4-5-10-38(37)55-42)41(49)45-35-21-15-30(16-22-35)12-11-29-13-17-32(18-14-29)43(50)53-2/h6-8,13-18,21-22,27,33,36H,4-5,9-12,19-20,23-26,28H2,1-3H3,(H,45,49)(H,46,48). The van der Waals surface area contributed by atoms with E-state index >= 15 is 0 Å². The van der Waals surface area contributed by atoms with Gasteiger partial charge in [-0.05, 0) is 123 Å². The molecule has 0 spiro atoms. The molecule has 1 aromatic heterocycles. The topological polar surface area (TPSA) is 123 Å². The Hall–Kier alpha value is -4.84. The van der Waals surface area contributed by atoms with Crippen molar-refractivity contribution in [1.82, 2.24) is 4.90 Å². The number of thiophene rings is 1. The Balaban J connectivity index is 1.11. The van der Waals surface area contributed by atoms with E-state index in [1.54, 1.807) is 19.2 Å². The average molecular weight is 766 g/mol. The summed E-state index contributed by atoms with van der Waals surface area (Å²) in [5, 5.41) is 6.80. The minimum Gasteiger partial charge on any atom is -0.469 e. The number of anilines is 2. The lowest BCUT2D eigenvalue weighted by atomic mass is 9.85. The number of hydrogen-bond donors (Lipinski definition) is 2. The van der Waals surface area contributed by atoms with Gasteiger partial charge in [-0.3, -0.25) is 19.3 Å². The zero-order chi connectivity index (χ0) is 38.7. The maximum atomic E-state index is 13.9. The van der Waals surface area contributed by atoms with E-state index in [4.69, 9.17) is 14.2 Å². The van der Waals surface area contributed by atoms with Crippen LogP contribution in [0.3, 0.4) is 0 Å². The molecular formula is C44H51N3O7S. The number of nitrogens with zero attached hydrogens (tertiary/aromatic N) is 1. The predicted octanol–water partition coefficient (Wildman–Crippen LogP) is 7.88. The van der Waals surface area contributed by atoms with Crippen LogP contribution in [0.25, 0.3) is 0 Å². The number of benzene rings is 3. The van der Waals surface area contributed by atoms with Crippen LogP contribution in [0.4, 0.5) is 10.7 Å². The molecule has 0 unspecified atom stereocenters. The first-order valence-corrected chi connectivity index (χ1v) is 20.0. The van der Waals surface area contributed by atoms with Gasteiger partial charge in [0.25, 0.3) is 11.8 Å². The van der Waals surface area contributed by atoms with E-state index in [2.05, 4.69) is 15.5 Å². The summed E-state index contributed by atoms with van der Waals surface area (Å²) in [7, 11) is 4.52. The smallest absolute Gasteiger partial charge is 0.337 e. The average Bonchev–Trinajstić information content (AvgIpc) is 3.59. The molecule has 10 nitrogen and oxygen atoms in total. The van der Waals surface area contributed by atoms with E-state index < -0.39 is 0 Å². The molecular weight excluding hydrogens is 715 g/mol. The van der Waals surface area contributed by atoms with Crippen LogP contribution in [0.5, 0.6) is 0 Å². The van der Waals surface area contributed by atoms with Crippen LogP contribution in [0, 0.1) is 5.92 Å². The van der Waals surface area contributed by atoms with Crippen molar-refractivity contribution in [3.63, 3.8) is 0 Å². The number of methoxy groups -OCH3 is 3. The number of fused-ring (bicyclic) bond motifs is 1. The Bertz CT molecular complexity index is 1950. The maximum absolute atomic E-state index is 13.9. The van der Waals surface area contributed by atoms with E-state index in [9.17, 15) is 19.2 Å². The molecule has 3 aromatic carbocycles. The van der Waals surface area contributed by atoms with Gasteiger partial charge in [0.15, 0.2) is 0 Å². The van der Waals surface area contributed by atoms with Gasteiger partial charge in [-0.15, -0.1) is 11.3 Å². The maximum Gasteiger partial charge on any atom is 0.337 e. The summed E-state index contributed by atoms with van der Waals surface area (Å²) in [6.45, 7) is 1.99. The van der Waals surface area contributed by atoms with Gasteiger partial charge >= 0.3 is 11.9 Å². The second-order valence-corrected chi connectivity index (χ2v) is 15.5. The van der Waals surface area contributed by atoms with Crippen LogP contribution in [0.2, 0.25) is 0 Å². The van der Waals surface area contributed by atoms with Crippen molar-refractivity contribution in [2.24, 2.45) is 5.92 Å². The van der Waals surface area contributed by atoms with Crippen LogP contribution in [0.15, 0.2) is 72.8 Å². The van der Waals surface area contributed by atoms with Gasteiger partial charge in [0.1, 0.15) is 5.00 Å². The van der Waals surface area contributed by atoms with Gasteiger partial charge < -0.3 is 24.8 Å². The number of nitrogens with one attached hydrogen (secondary N) is 2. The summed E-state index contributed by atoms with van der Waals surface area (Å²) in [5.74, 6) is -0.997. The summed E-state index contributed by atoms with van der Waals surface area (Å²) in [6.07, 6.45) is 8.78. The molecule has 2 amide bonds. The van der Waals surface area contributed by atoms with E-state index in [0.29, 0.717) is 46.6 Å². The number of carbonyl (C=O) groups excluding carboxylic acids is 4. The lowest BCUT2D eigenvalue weighted by molar-refractivity contribution is -0.147.